The molecule has 0 aliphatic rings. The van der Waals surface area contributed by atoms with E-state index in [0.717, 1.165) is 0 Å². The van der Waals surface area contributed by atoms with Crippen LogP contribution in [0.3, 0.4) is 0 Å². The molecule has 0 saturated heterocycles. The van der Waals surface area contributed by atoms with Crippen LogP contribution in [0.25, 0.3) is 0 Å². The zero-order chi connectivity index (χ0) is 14.4. The summed E-state index contributed by atoms with van der Waals surface area (Å²) < 4.78 is 0. The minimum atomic E-state index is -0.347. The molecule has 0 spiro atoms. The average molecular weight is 287 g/mol. The van der Waals surface area contributed by atoms with E-state index < -0.39 is 0 Å². The largest absolute Gasteiger partial charge is 0.384 e. The van der Waals surface area contributed by atoms with Crippen molar-refractivity contribution in [2.45, 2.75) is 0 Å². The minimum Gasteiger partial charge on any atom is -0.384 e. The van der Waals surface area contributed by atoms with E-state index in [9.17, 15) is 4.79 Å². The number of aliphatic hydroxyl groups excluding tert-OH is 1. The number of benzene rings is 1. The molecule has 0 saturated carbocycles. The molecular formula is C15H11ClN2O2. The predicted molar refractivity (Wildman–Crippen MR) is 77.6 cm³/mol. The van der Waals surface area contributed by atoms with E-state index in [0.29, 0.717) is 16.3 Å². The number of halogens is 1. The van der Waals surface area contributed by atoms with E-state index in [1.807, 2.05) is 0 Å². The van der Waals surface area contributed by atoms with Gasteiger partial charge in [-0.25, -0.2) is 4.98 Å². The highest BCUT2D eigenvalue weighted by Crippen LogP contribution is 2.20. The Hall–Kier alpha value is -2.35. The van der Waals surface area contributed by atoms with Crippen molar-refractivity contribution in [3.8, 4) is 11.8 Å². The first kappa shape index (κ1) is 14.1. The fourth-order valence-electron chi connectivity index (χ4n) is 1.49. The van der Waals surface area contributed by atoms with Gasteiger partial charge in [-0.15, -0.1) is 0 Å². The summed E-state index contributed by atoms with van der Waals surface area (Å²) in [5.74, 6) is 4.86. The van der Waals surface area contributed by atoms with Crippen molar-refractivity contribution >= 4 is 23.2 Å². The maximum Gasteiger partial charge on any atom is 0.274 e. The normalized spacial score (nSPS) is 9.50. The Bertz CT molecular complexity index is 672. The van der Waals surface area contributed by atoms with Crippen molar-refractivity contribution in [1.29, 1.82) is 0 Å². The number of aromatic nitrogens is 1. The van der Waals surface area contributed by atoms with Gasteiger partial charge in [-0.3, -0.25) is 4.79 Å². The molecule has 1 amide bonds. The van der Waals surface area contributed by atoms with Crippen LogP contribution in [0.5, 0.6) is 0 Å². The van der Waals surface area contributed by atoms with E-state index in [4.69, 9.17) is 16.7 Å². The van der Waals surface area contributed by atoms with Gasteiger partial charge in [-0.2, -0.15) is 0 Å². The highest BCUT2D eigenvalue weighted by Gasteiger charge is 2.09. The van der Waals surface area contributed by atoms with Crippen molar-refractivity contribution < 1.29 is 9.90 Å². The molecule has 0 unspecified atom stereocenters. The number of pyridine rings is 1. The summed E-state index contributed by atoms with van der Waals surface area (Å²) in [5, 5.41) is 11.7. The van der Waals surface area contributed by atoms with E-state index in [2.05, 4.69) is 22.1 Å². The second-order valence-corrected chi connectivity index (χ2v) is 4.23. The molecule has 1 heterocycles. The van der Waals surface area contributed by atoms with Crippen LogP contribution >= 0.6 is 11.6 Å². The maximum atomic E-state index is 12.0. The molecule has 0 aliphatic carbocycles. The van der Waals surface area contributed by atoms with Crippen molar-refractivity contribution in [3.63, 3.8) is 0 Å². The van der Waals surface area contributed by atoms with Crippen LogP contribution in [0.2, 0.25) is 5.02 Å². The SMILES string of the molecule is O=C(Nc1ccccc1Cl)c1ccc(C#CCO)cn1. The highest BCUT2D eigenvalue weighted by molar-refractivity contribution is 6.33. The number of para-hydroxylation sites is 1. The molecule has 1 aromatic heterocycles. The first-order chi connectivity index (χ1) is 9.70. The van der Waals surface area contributed by atoms with Crippen LogP contribution in [-0.4, -0.2) is 22.6 Å². The number of hydrogen-bond acceptors (Lipinski definition) is 3. The zero-order valence-electron chi connectivity index (χ0n) is 10.4. The molecule has 2 rings (SSSR count). The van der Waals surface area contributed by atoms with Gasteiger partial charge < -0.3 is 10.4 Å². The Labute approximate surface area is 121 Å². The number of nitrogens with zero attached hydrogens (tertiary/aromatic N) is 1. The van der Waals surface area contributed by atoms with Crippen LogP contribution in [0.4, 0.5) is 5.69 Å². The van der Waals surface area contributed by atoms with Gasteiger partial charge in [-0.05, 0) is 24.3 Å². The fraction of sp³-hybridized carbons (Fsp3) is 0.0667. The number of nitrogens with one attached hydrogen (secondary N) is 1. The Morgan fingerprint density at radius 3 is 2.75 bits per heavy atom. The van der Waals surface area contributed by atoms with Gasteiger partial charge in [0.1, 0.15) is 12.3 Å². The molecule has 0 fully saturated rings. The molecule has 100 valence electrons. The van der Waals surface area contributed by atoms with Crippen molar-refractivity contribution in [1.82, 2.24) is 4.98 Å². The Morgan fingerprint density at radius 2 is 2.10 bits per heavy atom. The lowest BCUT2D eigenvalue weighted by atomic mass is 10.2. The Morgan fingerprint density at radius 1 is 1.30 bits per heavy atom. The first-order valence-electron chi connectivity index (χ1n) is 5.82. The molecule has 0 radical (unpaired) electrons. The quantitative estimate of drug-likeness (QED) is 0.833. The molecular weight excluding hydrogens is 276 g/mol. The molecule has 2 aromatic rings. The molecule has 2 N–H and O–H groups in total. The number of rotatable bonds is 2. The van der Waals surface area contributed by atoms with Gasteiger partial charge in [0.15, 0.2) is 0 Å². The van der Waals surface area contributed by atoms with Crippen molar-refractivity contribution in [2.24, 2.45) is 0 Å². The van der Waals surface area contributed by atoms with E-state index >= 15 is 0 Å². The standard InChI is InChI=1S/C15H11ClN2O2/c16-12-5-1-2-6-13(12)18-15(20)14-8-7-11(10-17-14)4-3-9-19/h1-2,5-8,10,19H,9H2,(H,18,20). The lowest BCUT2D eigenvalue weighted by Crippen LogP contribution is -2.13. The number of hydrogen-bond donors (Lipinski definition) is 2. The second kappa shape index (κ2) is 6.71. The molecule has 0 bridgehead atoms. The van der Waals surface area contributed by atoms with Crippen LogP contribution < -0.4 is 5.32 Å². The summed E-state index contributed by atoms with van der Waals surface area (Å²) in [6, 6.07) is 10.2. The van der Waals surface area contributed by atoms with Gasteiger partial charge in [0, 0.05) is 11.8 Å². The average Bonchev–Trinajstić information content (AvgIpc) is 2.48. The lowest BCUT2D eigenvalue weighted by molar-refractivity contribution is 0.102. The van der Waals surface area contributed by atoms with Gasteiger partial charge in [-0.1, -0.05) is 35.6 Å². The molecule has 20 heavy (non-hydrogen) atoms. The van der Waals surface area contributed by atoms with Crippen LogP contribution in [0.1, 0.15) is 16.1 Å². The second-order valence-electron chi connectivity index (χ2n) is 3.83. The number of carbonyl (C=O) groups is 1. The van der Waals surface area contributed by atoms with Crippen LogP contribution in [-0.2, 0) is 0 Å². The molecule has 0 aliphatic heterocycles. The number of aliphatic hydroxyl groups is 1. The predicted octanol–water partition coefficient (Wildman–Crippen LogP) is 2.33. The van der Waals surface area contributed by atoms with Crippen molar-refractivity contribution in [3.05, 3.63) is 58.9 Å². The third-order valence-corrected chi connectivity index (χ3v) is 2.76. The zero-order valence-corrected chi connectivity index (χ0v) is 11.2. The molecule has 4 nitrogen and oxygen atoms in total. The van der Waals surface area contributed by atoms with Gasteiger partial charge >= 0.3 is 0 Å². The van der Waals surface area contributed by atoms with E-state index in [1.165, 1.54) is 6.20 Å². The molecule has 0 atom stereocenters. The monoisotopic (exact) mass is 286 g/mol. The number of anilines is 1. The number of carbonyl (C=O) groups excluding carboxylic acids is 1. The fourth-order valence-corrected chi connectivity index (χ4v) is 1.68. The summed E-state index contributed by atoms with van der Waals surface area (Å²) in [5.41, 5.74) is 1.43. The van der Waals surface area contributed by atoms with E-state index in [1.54, 1.807) is 36.4 Å². The maximum absolute atomic E-state index is 12.0. The molecule has 5 heteroatoms. The molecule has 1 aromatic carbocycles. The van der Waals surface area contributed by atoms with Crippen LogP contribution in [0.15, 0.2) is 42.6 Å². The number of amides is 1. The van der Waals surface area contributed by atoms with Gasteiger partial charge in [0.2, 0.25) is 0 Å². The summed E-state index contributed by atoms with van der Waals surface area (Å²) in [6.45, 7) is -0.214. The summed E-state index contributed by atoms with van der Waals surface area (Å²) in [7, 11) is 0. The summed E-state index contributed by atoms with van der Waals surface area (Å²) in [6.07, 6.45) is 1.48. The van der Waals surface area contributed by atoms with E-state index in [-0.39, 0.29) is 18.2 Å². The Kier molecular flexibility index (Phi) is 4.72. The van der Waals surface area contributed by atoms with Crippen molar-refractivity contribution in [2.75, 3.05) is 11.9 Å². The lowest BCUT2D eigenvalue weighted by Gasteiger charge is -2.06. The minimum absolute atomic E-state index is 0.214. The van der Waals surface area contributed by atoms with Crippen LogP contribution in [0, 0.1) is 11.8 Å². The Balaban J connectivity index is 2.12. The summed E-state index contributed by atoms with van der Waals surface area (Å²) in [4.78, 5) is 16.0. The highest BCUT2D eigenvalue weighted by atomic mass is 35.5. The topological polar surface area (TPSA) is 62.2 Å². The first-order valence-corrected chi connectivity index (χ1v) is 6.20. The third-order valence-electron chi connectivity index (χ3n) is 2.43. The third kappa shape index (κ3) is 3.58. The smallest absolute Gasteiger partial charge is 0.274 e. The van der Waals surface area contributed by atoms with Gasteiger partial charge in [0.05, 0.1) is 10.7 Å². The van der Waals surface area contributed by atoms with Gasteiger partial charge in [0.25, 0.3) is 5.91 Å². The summed E-state index contributed by atoms with van der Waals surface area (Å²) >= 11 is 5.96.